The van der Waals surface area contributed by atoms with E-state index in [9.17, 15) is 14.7 Å². The van der Waals surface area contributed by atoms with Crippen molar-refractivity contribution in [1.82, 2.24) is 19.7 Å². The maximum atomic E-state index is 12.9. The summed E-state index contributed by atoms with van der Waals surface area (Å²) in [7, 11) is -2.05. The van der Waals surface area contributed by atoms with Crippen molar-refractivity contribution < 1.29 is 14.1 Å². The van der Waals surface area contributed by atoms with Gasteiger partial charge in [0, 0.05) is 17.0 Å². The van der Waals surface area contributed by atoms with Crippen molar-refractivity contribution >= 4 is 19.9 Å². The number of aliphatic hydroxyl groups is 1. The van der Waals surface area contributed by atoms with E-state index in [4.69, 9.17) is 20.6 Å². The summed E-state index contributed by atoms with van der Waals surface area (Å²) in [4.78, 5) is 32.5. The van der Waals surface area contributed by atoms with E-state index in [1.807, 2.05) is 0 Å². The maximum Gasteiger partial charge on any atom is 0.329 e. The van der Waals surface area contributed by atoms with Gasteiger partial charge >= 0.3 is 5.69 Å². The van der Waals surface area contributed by atoms with Crippen LogP contribution in [0.3, 0.4) is 0 Å². The van der Waals surface area contributed by atoms with Crippen LogP contribution >= 0.6 is 11.6 Å². The molecule has 2 heterocycles. The first-order valence-electron chi connectivity index (χ1n) is 11.0. The zero-order valence-electron chi connectivity index (χ0n) is 20.3. The summed E-state index contributed by atoms with van der Waals surface area (Å²) >= 11 is 5.88. The van der Waals surface area contributed by atoms with Gasteiger partial charge in [-0.2, -0.15) is 4.98 Å². The summed E-state index contributed by atoms with van der Waals surface area (Å²) in [5.41, 5.74) is 0.503. The Morgan fingerprint density at radius 3 is 2.50 bits per heavy atom. The summed E-state index contributed by atoms with van der Waals surface area (Å²) < 4.78 is 12.4. The molecule has 2 aromatic heterocycles. The number of halogens is 1. The third-order valence-corrected chi connectivity index (χ3v) is 11.1. The highest BCUT2D eigenvalue weighted by Crippen LogP contribution is 2.37. The first kappa shape index (κ1) is 26.1. The third-order valence-electron chi connectivity index (χ3n) is 6.34. The predicted octanol–water partition coefficient (Wildman–Crippen LogP) is 3.73. The minimum atomic E-state index is -2.05. The Hall–Kier alpha value is -2.53. The summed E-state index contributed by atoms with van der Waals surface area (Å²) in [6.07, 6.45) is -0.740. The van der Waals surface area contributed by atoms with Crippen molar-refractivity contribution in [3.8, 4) is 0 Å². The van der Waals surface area contributed by atoms with Crippen molar-refractivity contribution in [2.75, 3.05) is 0 Å². The Morgan fingerprint density at radius 2 is 1.88 bits per heavy atom. The van der Waals surface area contributed by atoms with Crippen molar-refractivity contribution in [3.05, 3.63) is 78.7 Å². The monoisotopic (exact) mass is 506 g/mol. The molecule has 0 bridgehead atoms. The topological polar surface area (TPSA) is 123 Å². The second-order valence-electron chi connectivity index (χ2n) is 9.85. The van der Waals surface area contributed by atoms with Gasteiger partial charge in [-0.3, -0.25) is 9.36 Å². The average Bonchev–Trinajstić information content (AvgIpc) is 3.19. The SMILES string of the molecule is Cc1c(CO[Si](C)(C)C(C)(C)C)[nH]c(=O)n(Cc2nc(CC(O)c3ccc(Cl)cc3)no2)c1=O. The van der Waals surface area contributed by atoms with Crippen LogP contribution in [0.1, 0.15) is 55.4 Å². The molecule has 2 N–H and O–H groups in total. The molecule has 0 fully saturated rings. The molecular formula is C23H31ClN4O5Si. The van der Waals surface area contributed by atoms with Crippen molar-refractivity contribution in [3.63, 3.8) is 0 Å². The standard InChI is InChI=1S/C23H31ClN4O5Si/c1-14-17(13-32-34(5,6)23(2,3)4)25-22(31)28(21(14)30)12-20-26-19(27-33-20)11-18(29)15-7-9-16(24)10-8-15/h7-10,18,29H,11-13H2,1-6H3,(H,25,31). The van der Waals surface area contributed by atoms with Gasteiger partial charge in [0.05, 0.1) is 18.4 Å². The molecule has 1 aromatic carbocycles. The lowest BCUT2D eigenvalue weighted by molar-refractivity contribution is 0.174. The zero-order chi connectivity index (χ0) is 25.3. The normalized spacial score (nSPS) is 13.3. The molecule has 1 unspecified atom stereocenters. The molecule has 11 heteroatoms. The number of hydrogen-bond donors (Lipinski definition) is 2. The second-order valence-corrected chi connectivity index (χ2v) is 15.1. The van der Waals surface area contributed by atoms with Crippen LogP contribution in [0.25, 0.3) is 0 Å². The lowest BCUT2D eigenvalue weighted by atomic mass is 10.1. The smallest absolute Gasteiger partial charge is 0.329 e. The number of aliphatic hydroxyl groups excluding tert-OH is 1. The number of aromatic nitrogens is 4. The molecular weight excluding hydrogens is 476 g/mol. The van der Waals surface area contributed by atoms with E-state index in [1.165, 1.54) is 0 Å². The fourth-order valence-corrected chi connectivity index (χ4v) is 4.08. The highest BCUT2D eigenvalue weighted by atomic mass is 35.5. The molecule has 34 heavy (non-hydrogen) atoms. The van der Waals surface area contributed by atoms with E-state index < -0.39 is 25.7 Å². The van der Waals surface area contributed by atoms with Crippen molar-refractivity contribution in [2.24, 2.45) is 0 Å². The van der Waals surface area contributed by atoms with Crippen LogP contribution in [0.15, 0.2) is 38.4 Å². The van der Waals surface area contributed by atoms with E-state index in [1.54, 1.807) is 31.2 Å². The minimum absolute atomic E-state index is 0.00693. The molecule has 1 atom stereocenters. The summed E-state index contributed by atoms with van der Waals surface area (Å²) in [6.45, 7) is 12.2. The van der Waals surface area contributed by atoms with Crippen LogP contribution in [0.4, 0.5) is 0 Å². The van der Waals surface area contributed by atoms with Gasteiger partial charge in [0.25, 0.3) is 5.56 Å². The van der Waals surface area contributed by atoms with Gasteiger partial charge in [-0.1, -0.05) is 49.7 Å². The molecule has 0 saturated carbocycles. The number of H-pyrrole nitrogens is 1. The van der Waals surface area contributed by atoms with E-state index >= 15 is 0 Å². The van der Waals surface area contributed by atoms with Gasteiger partial charge in [0.15, 0.2) is 14.1 Å². The molecule has 0 aliphatic carbocycles. The zero-order valence-corrected chi connectivity index (χ0v) is 22.1. The van der Waals surface area contributed by atoms with E-state index in [-0.39, 0.29) is 36.3 Å². The molecule has 3 aromatic rings. The van der Waals surface area contributed by atoms with Gasteiger partial charge in [-0.15, -0.1) is 0 Å². The highest BCUT2D eigenvalue weighted by Gasteiger charge is 2.37. The van der Waals surface area contributed by atoms with Gasteiger partial charge in [-0.05, 0) is 42.8 Å². The maximum absolute atomic E-state index is 12.9. The molecule has 184 valence electrons. The Morgan fingerprint density at radius 1 is 1.24 bits per heavy atom. The Bertz CT molecular complexity index is 1260. The molecule has 0 spiro atoms. The van der Waals surface area contributed by atoms with Crippen molar-refractivity contribution in [2.45, 2.75) is 71.5 Å². The summed E-state index contributed by atoms with van der Waals surface area (Å²) in [6, 6.07) is 6.80. The lowest BCUT2D eigenvalue weighted by Gasteiger charge is -2.36. The summed E-state index contributed by atoms with van der Waals surface area (Å²) in [5.74, 6) is 0.355. The van der Waals surface area contributed by atoms with Gasteiger partial charge in [0.1, 0.15) is 6.54 Å². The quantitative estimate of drug-likeness (QED) is 0.446. The van der Waals surface area contributed by atoms with E-state index in [2.05, 4.69) is 49.0 Å². The van der Waals surface area contributed by atoms with Crippen LogP contribution in [0, 0.1) is 6.92 Å². The number of hydrogen-bond acceptors (Lipinski definition) is 7. The molecule has 0 radical (unpaired) electrons. The van der Waals surface area contributed by atoms with Gasteiger partial charge < -0.3 is 19.0 Å². The fraction of sp³-hybridized carbons (Fsp3) is 0.478. The van der Waals surface area contributed by atoms with E-state index in [0.29, 0.717) is 21.8 Å². The predicted molar refractivity (Wildman–Crippen MR) is 132 cm³/mol. The van der Waals surface area contributed by atoms with Crippen LogP contribution < -0.4 is 11.2 Å². The number of nitrogens with one attached hydrogen (secondary N) is 1. The summed E-state index contributed by atoms with van der Waals surface area (Å²) in [5, 5.41) is 14.8. The number of nitrogens with zero attached hydrogens (tertiary/aromatic N) is 3. The highest BCUT2D eigenvalue weighted by molar-refractivity contribution is 6.74. The molecule has 0 saturated heterocycles. The van der Waals surface area contributed by atoms with Gasteiger partial charge in [0.2, 0.25) is 5.89 Å². The Balaban J connectivity index is 1.73. The van der Waals surface area contributed by atoms with Crippen LogP contribution in [-0.2, 0) is 24.0 Å². The molecule has 0 aliphatic heterocycles. The number of benzene rings is 1. The minimum Gasteiger partial charge on any atom is -0.411 e. The van der Waals surface area contributed by atoms with Crippen molar-refractivity contribution in [1.29, 1.82) is 0 Å². The third kappa shape index (κ3) is 5.93. The molecule has 3 rings (SSSR count). The number of aromatic amines is 1. The molecule has 0 amide bonds. The largest absolute Gasteiger partial charge is 0.411 e. The first-order chi connectivity index (χ1) is 15.8. The number of rotatable bonds is 8. The molecule has 9 nitrogen and oxygen atoms in total. The van der Waals surface area contributed by atoms with E-state index in [0.717, 1.165) is 4.57 Å². The fourth-order valence-electron chi connectivity index (χ4n) is 3.02. The second kappa shape index (κ2) is 9.99. The Kier molecular flexibility index (Phi) is 7.66. The lowest BCUT2D eigenvalue weighted by Crippen LogP contribution is -2.42. The Labute approximate surface area is 203 Å². The van der Waals surface area contributed by atoms with Gasteiger partial charge in [-0.25, -0.2) is 4.79 Å². The van der Waals surface area contributed by atoms with Crippen LogP contribution in [-0.4, -0.2) is 33.1 Å². The first-order valence-corrected chi connectivity index (χ1v) is 14.3. The average molecular weight is 507 g/mol. The van der Waals surface area contributed by atoms with Crippen LogP contribution in [0.2, 0.25) is 23.2 Å². The van der Waals surface area contributed by atoms with Crippen LogP contribution in [0.5, 0.6) is 0 Å². The molecule has 0 aliphatic rings.